The van der Waals surface area contributed by atoms with E-state index in [0.717, 1.165) is 17.0 Å². The van der Waals surface area contributed by atoms with E-state index in [1.165, 1.54) is 0 Å². The second kappa shape index (κ2) is 6.52. The Hall–Kier alpha value is -1.88. The summed E-state index contributed by atoms with van der Waals surface area (Å²) in [5.74, 6) is 0.548. The molecule has 0 unspecified atom stereocenters. The minimum Gasteiger partial charge on any atom is -0.494 e. The average Bonchev–Trinajstić information content (AvgIpc) is 2.42. The molecule has 20 heavy (non-hydrogen) atoms. The molecular weight excluding hydrogens is 320 g/mol. The standard InChI is InChI=1S/C15H15BrN2O2/c1-3-20-11-6-7-13(10(2)9-11)18-15(19)14-12(16)5-4-8-17-14/h4-9H,3H2,1-2H3,(H,18,19). The van der Waals surface area contributed by atoms with E-state index in [-0.39, 0.29) is 5.91 Å². The van der Waals surface area contributed by atoms with Crippen LogP contribution in [-0.4, -0.2) is 17.5 Å². The molecule has 1 N–H and O–H groups in total. The Bertz CT molecular complexity index is 629. The fraction of sp³-hybridized carbons (Fsp3) is 0.200. The first-order valence-corrected chi connectivity index (χ1v) is 7.06. The molecule has 1 aromatic carbocycles. The van der Waals surface area contributed by atoms with Crippen molar-refractivity contribution in [3.63, 3.8) is 0 Å². The van der Waals surface area contributed by atoms with Gasteiger partial charge in [0.15, 0.2) is 0 Å². The summed E-state index contributed by atoms with van der Waals surface area (Å²) in [4.78, 5) is 16.2. The Morgan fingerprint density at radius 2 is 2.20 bits per heavy atom. The largest absolute Gasteiger partial charge is 0.494 e. The number of nitrogens with one attached hydrogen (secondary N) is 1. The average molecular weight is 335 g/mol. The zero-order chi connectivity index (χ0) is 14.5. The first kappa shape index (κ1) is 14.5. The van der Waals surface area contributed by atoms with Crippen LogP contribution in [0.4, 0.5) is 5.69 Å². The Morgan fingerprint density at radius 3 is 2.85 bits per heavy atom. The van der Waals surface area contributed by atoms with Gasteiger partial charge >= 0.3 is 0 Å². The number of pyridine rings is 1. The number of aryl methyl sites for hydroxylation is 1. The van der Waals surface area contributed by atoms with Gasteiger partial charge in [0.2, 0.25) is 0 Å². The summed E-state index contributed by atoms with van der Waals surface area (Å²) in [5.41, 5.74) is 2.05. The van der Waals surface area contributed by atoms with Crippen molar-refractivity contribution in [2.45, 2.75) is 13.8 Å². The predicted molar refractivity (Wildman–Crippen MR) is 82.2 cm³/mol. The maximum atomic E-state index is 12.2. The van der Waals surface area contributed by atoms with Crippen molar-refractivity contribution in [1.29, 1.82) is 0 Å². The maximum absolute atomic E-state index is 12.2. The van der Waals surface area contributed by atoms with Crippen LogP contribution in [0.25, 0.3) is 0 Å². The zero-order valence-corrected chi connectivity index (χ0v) is 12.9. The molecule has 1 aromatic heterocycles. The highest BCUT2D eigenvalue weighted by Crippen LogP contribution is 2.22. The van der Waals surface area contributed by atoms with Gasteiger partial charge in [0, 0.05) is 16.4 Å². The summed E-state index contributed by atoms with van der Waals surface area (Å²) in [6, 6.07) is 9.11. The topological polar surface area (TPSA) is 51.2 Å². The van der Waals surface area contributed by atoms with Crippen molar-refractivity contribution in [3.05, 3.63) is 52.3 Å². The van der Waals surface area contributed by atoms with E-state index >= 15 is 0 Å². The molecule has 2 rings (SSSR count). The van der Waals surface area contributed by atoms with Crippen LogP contribution in [0.2, 0.25) is 0 Å². The number of nitrogens with zero attached hydrogens (tertiary/aromatic N) is 1. The number of halogens is 1. The molecule has 2 aromatic rings. The van der Waals surface area contributed by atoms with Crippen LogP contribution in [0.15, 0.2) is 41.0 Å². The monoisotopic (exact) mass is 334 g/mol. The molecule has 1 heterocycles. The van der Waals surface area contributed by atoms with Crippen LogP contribution in [0.3, 0.4) is 0 Å². The Kier molecular flexibility index (Phi) is 4.74. The number of anilines is 1. The second-order valence-corrected chi connectivity index (χ2v) is 5.05. The lowest BCUT2D eigenvalue weighted by Gasteiger charge is -2.11. The van der Waals surface area contributed by atoms with E-state index in [4.69, 9.17) is 4.74 Å². The van der Waals surface area contributed by atoms with Gasteiger partial charge in [0.1, 0.15) is 11.4 Å². The molecule has 0 spiro atoms. The lowest BCUT2D eigenvalue weighted by molar-refractivity contribution is 0.102. The van der Waals surface area contributed by atoms with Crippen LogP contribution in [0.1, 0.15) is 23.0 Å². The van der Waals surface area contributed by atoms with Gasteiger partial charge in [-0.05, 0) is 65.7 Å². The molecule has 5 heteroatoms. The van der Waals surface area contributed by atoms with E-state index in [1.807, 2.05) is 32.0 Å². The van der Waals surface area contributed by atoms with Crippen LogP contribution in [0.5, 0.6) is 5.75 Å². The third kappa shape index (κ3) is 3.36. The smallest absolute Gasteiger partial charge is 0.275 e. The van der Waals surface area contributed by atoms with Gasteiger partial charge in [-0.15, -0.1) is 0 Å². The third-order valence-electron chi connectivity index (χ3n) is 2.73. The number of carbonyl (C=O) groups is 1. The number of benzene rings is 1. The van der Waals surface area contributed by atoms with Gasteiger partial charge in [-0.3, -0.25) is 4.79 Å². The normalized spacial score (nSPS) is 10.2. The summed E-state index contributed by atoms with van der Waals surface area (Å²) in [5, 5.41) is 2.85. The highest BCUT2D eigenvalue weighted by molar-refractivity contribution is 9.10. The second-order valence-electron chi connectivity index (χ2n) is 4.20. The minimum absolute atomic E-state index is 0.246. The zero-order valence-electron chi connectivity index (χ0n) is 11.3. The SMILES string of the molecule is CCOc1ccc(NC(=O)c2ncccc2Br)c(C)c1. The van der Waals surface area contributed by atoms with Gasteiger partial charge in [-0.2, -0.15) is 0 Å². The van der Waals surface area contributed by atoms with E-state index in [1.54, 1.807) is 18.3 Å². The lowest BCUT2D eigenvalue weighted by Crippen LogP contribution is -2.15. The first-order chi connectivity index (χ1) is 9.61. The molecule has 1 amide bonds. The molecule has 0 saturated heterocycles. The summed E-state index contributed by atoms with van der Waals surface area (Å²) in [6.45, 7) is 4.47. The molecule has 0 aliphatic rings. The molecule has 0 atom stereocenters. The van der Waals surface area contributed by atoms with Gasteiger partial charge in [-0.1, -0.05) is 0 Å². The molecule has 0 bridgehead atoms. The van der Waals surface area contributed by atoms with Crippen molar-refractivity contribution in [1.82, 2.24) is 4.98 Å². The lowest BCUT2D eigenvalue weighted by atomic mass is 10.2. The number of carbonyl (C=O) groups excluding carboxylic acids is 1. The van der Waals surface area contributed by atoms with Crippen molar-refractivity contribution < 1.29 is 9.53 Å². The van der Waals surface area contributed by atoms with E-state index in [2.05, 4.69) is 26.2 Å². The van der Waals surface area contributed by atoms with Crippen LogP contribution in [-0.2, 0) is 0 Å². The summed E-state index contributed by atoms with van der Waals surface area (Å²) in [7, 11) is 0. The number of aromatic nitrogens is 1. The number of amides is 1. The van der Waals surface area contributed by atoms with Crippen LogP contribution < -0.4 is 10.1 Å². The summed E-state index contributed by atoms with van der Waals surface area (Å²) in [6.07, 6.45) is 1.59. The van der Waals surface area contributed by atoms with E-state index < -0.39 is 0 Å². The minimum atomic E-state index is -0.246. The molecule has 0 aliphatic heterocycles. The maximum Gasteiger partial charge on any atom is 0.275 e. The molecule has 4 nitrogen and oxygen atoms in total. The fourth-order valence-electron chi connectivity index (χ4n) is 1.77. The summed E-state index contributed by atoms with van der Waals surface area (Å²) < 4.78 is 6.09. The van der Waals surface area contributed by atoms with Crippen molar-refractivity contribution in [2.24, 2.45) is 0 Å². The first-order valence-electron chi connectivity index (χ1n) is 6.27. The summed E-state index contributed by atoms with van der Waals surface area (Å²) >= 11 is 3.32. The highest BCUT2D eigenvalue weighted by atomic mass is 79.9. The van der Waals surface area contributed by atoms with Gasteiger partial charge in [0.05, 0.1) is 6.61 Å². The number of ether oxygens (including phenoxy) is 1. The molecule has 0 fully saturated rings. The molecule has 0 radical (unpaired) electrons. The van der Waals surface area contributed by atoms with E-state index in [0.29, 0.717) is 16.8 Å². The number of rotatable bonds is 4. The van der Waals surface area contributed by atoms with Gasteiger partial charge in [-0.25, -0.2) is 4.98 Å². The molecule has 104 valence electrons. The van der Waals surface area contributed by atoms with Gasteiger partial charge in [0.25, 0.3) is 5.91 Å². The van der Waals surface area contributed by atoms with Gasteiger partial charge < -0.3 is 10.1 Å². The van der Waals surface area contributed by atoms with E-state index in [9.17, 15) is 4.79 Å². The third-order valence-corrected chi connectivity index (χ3v) is 3.37. The van der Waals surface area contributed by atoms with Crippen molar-refractivity contribution in [2.75, 3.05) is 11.9 Å². The van der Waals surface area contributed by atoms with Crippen molar-refractivity contribution in [3.8, 4) is 5.75 Å². The predicted octanol–water partition coefficient (Wildman–Crippen LogP) is 3.80. The fourth-order valence-corrected chi connectivity index (χ4v) is 2.20. The molecule has 0 saturated carbocycles. The van der Waals surface area contributed by atoms with Crippen LogP contribution in [0, 0.1) is 6.92 Å². The molecular formula is C15H15BrN2O2. The Labute approximate surface area is 126 Å². The Balaban J connectivity index is 2.18. The quantitative estimate of drug-likeness (QED) is 0.925. The number of hydrogen-bond acceptors (Lipinski definition) is 3. The van der Waals surface area contributed by atoms with Crippen molar-refractivity contribution >= 4 is 27.5 Å². The highest BCUT2D eigenvalue weighted by Gasteiger charge is 2.12. The molecule has 0 aliphatic carbocycles. The Morgan fingerprint density at radius 1 is 1.40 bits per heavy atom. The van der Waals surface area contributed by atoms with Crippen LogP contribution >= 0.6 is 15.9 Å². The number of hydrogen-bond donors (Lipinski definition) is 1.